The van der Waals surface area contributed by atoms with Gasteiger partial charge < -0.3 is 10.4 Å². The molecule has 0 saturated heterocycles. The lowest BCUT2D eigenvalue weighted by molar-refractivity contribution is -0.242. The van der Waals surface area contributed by atoms with Gasteiger partial charge in [-0.3, -0.25) is 4.79 Å². The minimum Gasteiger partial charge on any atom is -0.373 e. The number of benzene rings is 3. The number of rotatable bonds is 4. The Kier molecular flexibility index (Phi) is 9.19. The summed E-state index contributed by atoms with van der Waals surface area (Å²) < 4.78 is 62.9. The van der Waals surface area contributed by atoms with E-state index < -0.39 is 17.7 Å². The highest BCUT2D eigenvalue weighted by Crippen LogP contribution is 2.35. The van der Waals surface area contributed by atoms with Crippen LogP contribution in [0.2, 0.25) is 5.02 Å². The van der Waals surface area contributed by atoms with Crippen molar-refractivity contribution in [2.75, 3.05) is 5.32 Å². The SMILES string of the molecule is C[C@@](O)(C(=O)Nc1ccc(Sc2ccc(F)cc2)cc1Cl)C(F)(F)F.Fc1ccc(S)cc1. The van der Waals surface area contributed by atoms with E-state index in [1.807, 2.05) is 5.32 Å². The Hall–Kier alpha value is -2.27. The van der Waals surface area contributed by atoms with Crippen LogP contribution in [0.5, 0.6) is 0 Å². The highest BCUT2D eigenvalue weighted by atomic mass is 35.5. The van der Waals surface area contributed by atoms with Gasteiger partial charge in [0.15, 0.2) is 0 Å². The Morgan fingerprint density at radius 3 is 1.88 bits per heavy atom. The van der Waals surface area contributed by atoms with Crippen LogP contribution in [0.15, 0.2) is 81.4 Å². The molecule has 3 aromatic carbocycles. The standard InChI is InChI=1S/C16H12ClF4NO2S.C6H5FS/c1-15(24,16(19,20)21)14(23)22-13-7-6-11(8-12(13)17)25-10-4-2-9(18)3-5-10;7-5-1-3-6(8)4-2-5/h2-8,24H,1H3,(H,22,23);1-4,8H/t15-;/m1./s1. The van der Waals surface area contributed by atoms with Crippen molar-refractivity contribution < 1.29 is 31.9 Å². The van der Waals surface area contributed by atoms with Gasteiger partial charge in [-0.15, -0.1) is 12.6 Å². The number of hydrogen-bond donors (Lipinski definition) is 3. The topological polar surface area (TPSA) is 49.3 Å². The van der Waals surface area contributed by atoms with Gasteiger partial charge in [-0.1, -0.05) is 23.4 Å². The van der Waals surface area contributed by atoms with Crippen molar-refractivity contribution >= 4 is 47.6 Å². The number of thiol groups is 1. The molecule has 2 N–H and O–H groups in total. The summed E-state index contributed by atoms with van der Waals surface area (Å²) in [6, 6.07) is 16.0. The van der Waals surface area contributed by atoms with Crippen LogP contribution in [-0.4, -0.2) is 22.8 Å². The molecule has 1 atom stereocenters. The zero-order valence-corrected chi connectivity index (χ0v) is 19.3. The molecule has 0 spiro atoms. The quantitative estimate of drug-likeness (QED) is 0.256. The normalized spacial score (nSPS) is 12.9. The van der Waals surface area contributed by atoms with E-state index in [2.05, 4.69) is 12.6 Å². The molecule has 0 bridgehead atoms. The van der Waals surface area contributed by atoms with Crippen LogP contribution in [0, 0.1) is 11.6 Å². The van der Waals surface area contributed by atoms with Crippen LogP contribution in [0.4, 0.5) is 27.6 Å². The lowest BCUT2D eigenvalue weighted by Gasteiger charge is -2.25. The zero-order chi connectivity index (χ0) is 24.8. The summed E-state index contributed by atoms with van der Waals surface area (Å²) in [7, 11) is 0. The Balaban J connectivity index is 0.000000405. The fourth-order valence-electron chi connectivity index (χ4n) is 2.11. The third-order valence-electron chi connectivity index (χ3n) is 4.06. The van der Waals surface area contributed by atoms with E-state index in [4.69, 9.17) is 11.6 Å². The molecule has 0 radical (unpaired) electrons. The molecule has 0 aliphatic heterocycles. The molecule has 3 aromatic rings. The number of nitrogens with one attached hydrogen (secondary N) is 1. The summed E-state index contributed by atoms with van der Waals surface area (Å²) >= 11 is 11.2. The van der Waals surface area contributed by atoms with E-state index >= 15 is 0 Å². The van der Waals surface area contributed by atoms with Crippen LogP contribution in [0.25, 0.3) is 0 Å². The molecule has 11 heteroatoms. The van der Waals surface area contributed by atoms with Crippen molar-refractivity contribution in [3.63, 3.8) is 0 Å². The highest BCUT2D eigenvalue weighted by molar-refractivity contribution is 7.99. The summed E-state index contributed by atoms with van der Waals surface area (Å²) in [6.07, 6.45) is -5.12. The van der Waals surface area contributed by atoms with E-state index in [1.165, 1.54) is 54.2 Å². The number of carbonyl (C=O) groups is 1. The van der Waals surface area contributed by atoms with E-state index in [1.54, 1.807) is 24.3 Å². The van der Waals surface area contributed by atoms with E-state index in [0.717, 1.165) is 9.79 Å². The molecule has 1 amide bonds. The molecular weight excluding hydrogens is 505 g/mol. The maximum Gasteiger partial charge on any atom is 0.426 e. The first-order valence-electron chi connectivity index (χ1n) is 9.07. The van der Waals surface area contributed by atoms with Crippen LogP contribution < -0.4 is 5.32 Å². The number of halogens is 6. The van der Waals surface area contributed by atoms with Crippen molar-refractivity contribution in [3.05, 3.63) is 83.4 Å². The second-order valence-corrected chi connectivity index (χ2v) is 8.77. The van der Waals surface area contributed by atoms with Crippen molar-refractivity contribution in [1.82, 2.24) is 0 Å². The predicted octanol–water partition coefficient (Wildman–Crippen LogP) is 7.00. The summed E-state index contributed by atoms with van der Waals surface area (Å²) in [5, 5.41) is 11.3. The average Bonchev–Trinajstić information content (AvgIpc) is 2.73. The van der Waals surface area contributed by atoms with Crippen LogP contribution >= 0.6 is 36.0 Å². The first kappa shape index (κ1) is 27.0. The first-order valence-corrected chi connectivity index (χ1v) is 10.7. The lowest BCUT2D eigenvalue weighted by Crippen LogP contribution is -2.52. The molecule has 3 nitrogen and oxygen atoms in total. The molecule has 33 heavy (non-hydrogen) atoms. The van der Waals surface area contributed by atoms with E-state index in [0.29, 0.717) is 11.8 Å². The smallest absolute Gasteiger partial charge is 0.373 e. The largest absolute Gasteiger partial charge is 0.426 e. The molecule has 0 aliphatic rings. The van der Waals surface area contributed by atoms with Gasteiger partial charge in [0.2, 0.25) is 5.60 Å². The maximum absolute atomic E-state index is 12.9. The lowest BCUT2D eigenvalue weighted by atomic mass is 10.1. The average molecular weight is 522 g/mol. The number of alkyl halides is 3. The Morgan fingerprint density at radius 1 is 0.939 bits per heavy atom. The van der Waals surface area contributed by atoms with E-state index in [-0.39, 0.29) is 22.3 Å². The third-order valence-corrected chi connectivity index (χ3v) is 5.67. The predicted molar refractivity (Wildman–Crippen MR) is 121 cm³/mol. The van der Waals surface area contributed by atoms with Gasteiger partial charge in [-0.05, 0) is 73.7 Å². The van der Waals surface area contributed by atoms with Crippen molar-refractivity contribution in [1.29, 1.82) is 0 Å². The van der Waals surface area contributed by atoms with Crippen LogP contribution in [-0.2, 0) is 4.79 Å². The molecule has 0 heterocycles. The fourth-order valence-corrected chi connectivity index (χ4v) is 3.41. The molecule has 0 unspecified atom stereocenters. The summed E-state index contributed by atoms with van der Waals surface area (Å²) in [5.74, 6) is -2.24. The Morgan fingerprint density at radius 2 is 1.42 bits per heavy atom. The van der Waals surface area contributed by atoms with Gasteiger partial charge >= 0.3 is 6.18 Å². The molecule has 0 saturated carbocycles. The fraction of sp³-hybridized carbons (Fsp3) is 0.136. The molecule has 0 aliphatic carbocycles. The second kappa shape index (κ2) is 11.2. The molecule has 0 fully saturated rings. The van der Waals surface area contributed by atoms with Gasteiger partial charge in [-0.25, -0.2) is 8.78 Å². The van der Waals surface area contributed by atoms with Crippen LogP contribution in [0.3, 0.4) is 0 Å². The molecule has 176 valence electrons. The van der Waals surface area contributed by atoms with Gasteiger partial charge in [0, 0.05) is 14.7 Å². The van der Waals surface area contributed by atoms with Gasteiger partial charge in [0.25, 0.3) is 5.91 Å². The van der Waals surface area contributed by atoms with Gasteiger partial charge in [0.05, 0.1) is 10.7 Å². The minimum atomic E-state index is -5.12. The minimum absolute atomic E-state index is 0.00145. The maximum atomic E-state index is 12.9. The number of amides is 1. The van der Waals surface area contributed by atoms with Crippen molar-refractivity contribution in [2.24, 2.45) is 0 Å². The molecule has 0 aromatic heterocycles. The van der Waals surface area contributed by atoms with Gasteiger partial charge in [-0.2, -0.15) is 13.2 Å². The summed E-state index contributed by atoms with van der Waals surface area (Å²) in [5.41, 5.74) is -3.61. The zero-order valence-electron chi connectivity index (χ0n) is 16.8. The molecular formula is C22H17ClF5NO2S2. The third kappa shape index (κ3) is 7.92. The summed E-state index contributed by atoms with van der Waals surface area (Å²) in [6.45, 7) is 0.356. The van der Waals surface area contributed by atoms with E-state index in [9.17, 15) is 31.9 Å². The van der Waals surface area contributed by atoms with Crippen LogP contribution in [0.1, 0.15) is 6.92 Å². The molecule has 3 rings (SSSR count). The monoisotopic (exact) mass is 521 g/mol. The number of anilines is 1. The Bertz CT molecular complexity index is 1070. The second-order valence-electron chi connectivity index (χ2n) is 6.70. The van der Waals surface area contributed by atoms with Gasteiger partial charge in [0.1, 0.15) is 11.6 Å². The number of hydrogen-bond acceptors (Lipinski definition) is 4. The number of aliphatic hydroxyl groups is 1. The van der Waals surface area contributed by atoms with Crippen molar-refractivity contribution in [2.45, 2.75) is 33.4 Å². The highest BCUT2D eigenvalue weighted by Gasteiger charge is 2.55. The Labute approximate surface area is 201 Å². The van der Waals surface area contributed by atoms with Crippen molar-refractivity contribution in [3.8, 4) is 0 Å². The number of carbonyl (C=O) groups excluding carboxylic acids is 1. The summed E-state index contributed by atoms with van der Waals surface area (Å²) in [4.78, 5) is 13.8. The first-order chi connectivity index (χ1) is 15.3.